The van der Waals surface area contributed by atoms with Crippen molar-refractivity contribution in [1.82, 2.24) is 14.1 Å². The van der Waals surface area contributed by atoms with Gasteiger partial charge in [0.15, 0.2) is 5.78 Å². The number of benzene rings is 1. The first kappa shape index (κ1) is 18.1. The molecule has 142 valence electrons. The van der Waals surface area contributed by atoms with Crippen molar-refractivity contribution in [2.45, 2.75) is 26.0 Å². The second kappa shape index (κ2) is 6.42. The number of hydrogen-bond acceptors (Lipinski definition) is 4. The first-order valence-electron chi connectivity index (χ1n) is 8.59. The van der Waals surface area contributed by atoms with Gasteiger partial charge in [0.05, 0.1) is 5.69 Å². The fourth-order valence-electron chi connectivity index (χ4n) is 3.98. The summed E-state index contributed by atoms with van der Waals surface area (Å²) in [4.78, 5) is 36.3. The van der Waals surface area contributed by atoms with Crippen LogP contribution in [-0.2, 0) is 22.7 Å². The van der Waals surface area contributed by atoms with E-state index in [0.29, 0.717) is 17.8 Å². The molecular weight excluding hydrogens is 369 g/mol. The topological polar surface area (TPSA) is 107 Å². The third-order valence-corrected chi connectivity index (χ3v) is 5.71. The van der Waals surface area contributed by atoms with Gasteiger partial charge in [-0.3, -0.25) is 9.32 Å². The fourth-order valence-corrected chi connectivity index (χ4v) is 4.50. The number of hydrogen-bond donors (Lipinski definition) is 2. The number of phosphoric acid groups is 1. The summed E-state index contributed by atoms with van der Waals surface area (Å²) in [5.41, 5.74) is 1.83. The molecule has 0 aliphatic heterocycles. The van der Waals surface area contributed by atoms with E-state index in [4.69, 9.17) is 4.52 Å². The molecule has 0 radical (unpaired) electrons. The molecule has 27 heavy (non-hydrogen) atoms. The molecular formula is C18H20N3O5P. The third kappa shape index (κ3) is 3.15. The van der Waals surface area contributed by atoms with Crippen LogP contribution in [0.2, 0.25) is 0 Å². The number of imidazole rings is 1. The molecule has 2 heterocycles. The van der Waals surface area contributed by atoms with Crippen molar-refractivity contribution < 1.29 is 23.7 Å². The van der Waals surface area contributed by atoms with Gasteiger partial charge in [0.25, 0.3) is 0 Å². The van der Waals surface area contributed by atoms with Crippen molar-refractivity contribution in [3.63, 3.8) is 0 Å². The Bertz CT molecular complexity index is 1080. The zero-order chi connectivity index (χ0) is 19.3. The van der Waals surface area contributed by atoms with E-state index in [2.05, 4.69) is 4.98 Å². The largest absolute Gasteiger partial charge is 0.470 e. The van der Waals surface area contributed by atoms with E-state index in [1.54, 1.807) is 24.0 Å². The Kier molecular flexibility index (Phi) is 4.31. The highest BCUT2D eigenvalue weighted by atomic mass is 31.2. The van der Waals surface area contributed by atoms with E-state index in [-0.39, 0.29) is 12.2 Å². The number of rotatable bonds is 4. The number of carbonyl (C=O) groups is 1. The predicted molar refractivity (Wildman–Crippen MR) is 98.2 cm³/mol. The normalized spacial score (nSPS) is 20.2. The summed E-state index contributed by atoms with van der Waals surface area (Å²) in [7, 11) is -2.94. The third-order valence-electron chi connectivity index (χ3n) is 5.18. The summed E-state index contributed by atoms with van der Waals surface area (Å²) >= 11 is 0. The van der Waals surface area contributed by atoms with Crippen molar-refractivity contribution in [1.29, 1.82) is 0 Å². The van der Waals surface area contributed by atoms with E-state index in [1.165, 1.54) is 0 Å². The van der Waals surface area contributed by atoms with Crippen LogP contribution in [0.5, 0.6) is 0 Å². The highest BCUT2D eigenvalue weighted by molar-refractivity contribution is 7.46. The van der Waals surface area contributed by atoms with Gasteiger partial charge in [-0.2, -0.15) is 0 Å². The van der Waals surface area contributed by atoms with Gasteiger partial charge < -0.3 is 18.9 Å². The Balaban J connectivity index is 1.85. The lowest BCUT2D eigenvalue weighted by Gasteiger charge is -2.30. The van der Waals surface area contributed by atoms with E-state index in [9.17, 15) is 19.1 Å². The Hall–Kier alpha value is -2.25. The van der Waals surface area contributed by atoms with Crippen LogP contribution in [0.4, 0.5) is 0 Å². The highest BCUT2D eigenvalue weighted by Crippen LogP contribution is 2.49. The molecule has 1 aliphatic rings. The van der Waals surface area contributed by atoms with Crippen molar-refractivity contribution >= 4 is 24.5 Å². The molecule has 9 heteroatoms. The van der Waals surface area contributed by atoms with E-state index in [1.807, 2.05) is 35.8 Å². The van der Waals surface area contributed by atoms with Crippen molar-refractivity contribution in [2.75, 3.05) is 0 Å². The molecule has 4 rings (SSSR count). The quantitative estimate of drug-likeness (QED) is 0.665. The number of fused-ring (bicyclic) bond motifs is 3. The van der Waals surface area contributed by atoms with Crippen LogP contribution >= 0.6 is 7.82 Å². The molecule has 8 nitrogen and oxygen atoms in total. The second-order valence-electron chi connectivity index (χ2n) is 6.84. The summed E-state index contributed by atoms with van der Waals surface area (Å²) < 4.78 is 20.3. The zero-order valence-corrected chi connectivity index (χ0v) is 15.8. The molecule has 2 unspecified atom stereocenters. The van der Waals surface area contributed by atoms with Gasteiger partial charge in [0.1, 0.15) is 11.9 Å². The summed E-state index contributed by atoms with van der Waals surface area (Å²) in [6, 6.07) is 7.44. The zero-order valence-electron chi connectivity index (χ0n) is 14.9. The first-order chi connectivity index (χ1) is 12.8. The number of Topliss-reactive ketones (excluding diaryl/α,β-unsaturated/α-hetero) is 1. The van der Waals surface area contributed by atoms with Crippen LogP contribution in [0.25, 0.3) is 10.9 Å². The van der Waals surface area contributed by atoms with Crippen molar-refractivity contribution in [3.05, 3.63) is 53.7 Å². The molecule has 2 aromatic heterocycles. The Morgan fingerprint density at radius 2 is 2.07 bits per heavy atom. The average molecular weight is 389 g/mol. The number of para-hydroxylation sites is 1. The molecule has 0 saturated carbocycles. The number of phosphoric ester groups is 1. The fraction of sp³-hybridized carbons (Fsp3) is 0.333. The van der Waals surface area contributed by atoms with E-state index < -0.39 is 19.8 Å². The maximum atomic E-state index is 13.3. The standard InChI is InChI=1S/C18H20N3O5P/c1-11-19-7-8-21(11)10-12-9-15(26-27(23,24)25)17-16(18(12)22)13-5-3-4-6-14(13)20(17)2/h3-8,12,15H,9-10H2,1-2H3,(H2,23,24,25). The van der Waals surface area contributed by atoms with Crippen molar-refractivity contribution in [3.8, 4) is 0 Å². The lowest BCUT2D eigenvalue weighted by molar-refractivity contribution is 0.0696. The van der Waals surface area contributed by atoms with Crippen LogP contribution in [0.1, 0.15) is 34.4 Å². The van der Waals surface area contributed by atoms with Gasteiger partial charge in [0.2, 0.25) is 0 Å². The Morgan fingerprint density at radius 3 is 2.74 bits per heavy atom. The van der Waals surface area contributed by atoms with E-state index in [0.717, 1.165) is 16.7 Å². The lowest BCUT2D eigenvalue weighted by atomic mass is 9.83. The van der Waals surface area contributed by atoms with E-state index >= 15 is 0 Å². The Labute approximate surface area is 155 Å². The maximum Gasteiger partial charge on any atom is 0.470 e. The van der Waals surface area contributed by atoms with Crippen LogP contribution in [-0.4, -0.2) is 29.7 Å². The molecule has 0 fully saturated rings. The van der Waals surface area contributed by atoms with Crippen LogP contribution in [0.15, 0.2) is 36.7 Å². The molecule has 0 amide bonds. The smallest absolute Gasteiger partial charge is 0.345 e. The Morgan fingerprint density at radius 1 is 1.33 bits per heavy atom. The average Bonchev–Trinajstić information content (AvgIpc) is 3.13. The van der Waals surface area contributed by atoms with Gasteiger partial charge >= 0.3 is 7.82 Å². The molecule has 1 aromatic carbocycles. The second-order valence-corrected chi connectivity index (χ2v) is 8.04. The van der Waals surface area contributed by atoms with Crippen LogP contribution < -0.4 is 0 Å². The molecule has 1 aliphatic carbocycles. The SMILES string of the molecule is Cc1nccn1CC1CC(OP(=O)(O)O)c2c(c3ccccc3n2C)C1=O. The summed E-state index contributed by atoms with van der Waals surface area (Å²) in [5, 5.41) is 0.770. The number of aromatic nitrogens is 3. The number of carbonyl (C=O) groups excluding carboxylic acids is 1. The summed E-state index contributed by atoms with van der Waals surface area (Å²) in [5.74, 6) is 0.271. The minimum Gasteiger partial charge on any atom is -0.345 e. The summed E-state index contributed by atoms with van der Waals surface area (Å²) in [6.07, 6.45) is 2.78. The molecule has 0 bridgehead atoms. The molecule has 2 N–H and O–H groups in total. The predicted octanol–water partition coefficient (Wildman–Crippen LogP) is 2.74. The molecule has 0 spiro atoms. The molecule has 3 aromatic rings. The summed E-state index contributed by atoms with van der Waals surface area (Å²) in [6.45, 7) is 2.23. The van der Waals surface area contributed by atoms with Gasteiger partial charge in [-0.25, -0.2) is 9.55 Å². The number of ketones is 1. The van der Waals surface area contributed by atoms with Gasteiger partial charge in [-0.05, 0) is 19.4 Å². The molecule has 2 atom stereocenters. The molecule has 0 saturated heterocycles. The first-order valence-corrected chi connectivity index (χ1v) is 10.1. The van der Waals surface area contributed by atoms with Gasteiger partial charge in [-0.15, -0.1) is 0 Å². The lowest BCUT2D eigenvalue weighted by Crippen LogP contribution is -2.30. The van der Waals surface area contributed by atoms with Crippen LogP contribution in [0, 0.1) is 12.8 Å². The van der Waals surface area contributed by atoms with Gasteiger partial charge in [0, 0.05) is 48.4 Å². The monoisotopic (exact) mass is 389 g/mol. The number of aryl methyl sites for hydroxylation is 2. The highest BCUT2D eigenvalue weighted by Gasteiger charge is 2.41. The maximum absolute atomic E-state index is 13.3. The van der Waals surface area contributed by atoms with Crippen LogP contribution in [0.3, 0.4) is 0 Å². The van der Waals surface area contributed by atoms with Crippen molar-refractivity contribution in [2.24, 2.45) is 13.0 Å². The van der Waals surface area contributed by atoms with Gasteiger partial charge in [-0.1, -0.05) is 18.2 Å². The number of nitrogens with zero attached hydrogens (tertiary/aromatic N) is 3. The minimum absolute atomic E-state index is 0.0412. The minimum atomic E-state index is -4.72.